The van der Waals surface area contributed by atoms with Gasteiger partial charge in [0.25, 0.3) is 0 Å². The first-order valence-electron chi connectivity index (χ1n) is 6.81. The van der Waals surface area contributed by atoms with E-state index < -0.39 is 0 Å². The van der Waals surface area contributed by atoms with Crippen LogP contribution in [0, 0.1) is 11.3 Å². The van der Waals surface area contributed by atoms with E-state index in [0.717, 1.165) is 26.1 Å². The molecule has 2 nitrogen and oxygen atoms in total. The van der Waals surface area contributed by atoms with Gasteiger partial charge in [0.15, 0.2) is 0 Å². The Bertz CT molecular complexity index is 314. The summed E-state index contributed by atoms with van der Waals surface area (Å²) in [6.07, 6.45) is 2.35. The van der Waals surface area contributed by atoms with Crippen LogP contribution in [0.1, 0.15) is 32.1 Å². The van der Waals surface area contributed by atoms with E-state index in [4.69, 9.17) is 5.73 Å². The topological polar surface area (TPSA) is 29.3 Å². The summed E-state index contributed by atoms with van der Waals surface area (Å²) in [7, 11) is 2.21. The Balaban J connectivity index is 2.30. The maximum atomic E-state index is 5.89. The molecule has 0 fully saturated rings. The van der Waals surface area contributed by atoms with Gasteiger partial charge in [0, 0.05) is 18.0 Å². The van der Waals surface area contributed by atoms with E-state index in [0.29, 0.717) is 11.3 Å². The lowest BCUT2D eigenvalue weighted by atomic mass is 9.84. The molecule has 0 radical (unpaired) electrons. The van der Waals surface area contributed by atoms with Gasteiger partial charge < -0.3 is 10.6 Å². The number of hydrogen-bond acceptors (Lipinski definition) is 3. The van der Waals surface area contributed by atoms with Gasteiger partial charge in [-0.3, -0.25) is 0 Å². The van der Waals surface area contributed by atoms with Crippen molar-refractivity contribution in [3.8, 4) is 0 Å². The van der Waals surface area contributed by atoms with Crippen LogP contribution in [0.2, 0.25) is 0 Å². The van der Waals surface area contributed by atoms with Crippen LogP contribution < -0.4 is 5.73 Å². The zero-order chi connectivity index (χ0) is 13.6. The van der Waals surface area contributed by atoms with Crippen LogP contribution >= 0.6 is 11.3 Å². The quantitative estimate of drug-likeness (QED) is 0.822. The predicted molar refractivity (Wildman–Crippen MR) is 82.1 cm³/mol. The Morgan fingerprint density at radius 2 is 2.11 bits per heavy atom. The van der Waals surface area contributed by atoms with E-state index in [1.54, 1.807) is 0 Å². The van der Waals surface area contributed by atoms with E-state index in [2.05, 4.69) is 50.2 Å². The van der Waals surface area contributed by atoms with Crippen molar-refractivity contribution in [3.05, 3.63) is 22.4 Å². The number of thiophene rings is 1. The molecule has 2 N–H and O–H groups in total. The molecule has 0 saturated heterocycles. The summed E-state index contributed by atoms with van der Waals surface area (Å²) in [5.74, 6) is 0.610. The lowest BCUT2D eigenvalue weighted by molar-refractivity contribution is 0.222. The summed E-state index contributed by atoms with van der Waals surface area (Å²) in [5.41, 5.74) is 6.27. The first-order chi connectivity index (χ1) is 8.40. The minimum Gasteiger partial charge on any atom is -0.330 e. The van der Waals surface area contributed by atoms with Gasteiger partial charge in [0.2, 0.25) is 0 Å². The van der Waals surface area contributed by atoms with Crippen molar-refractivity contribution in [1.82, 2.24) is 4.90 Å². The molecule has 18 heavy (non-hydrogen) atoms. The Morgan fingerprint density at radius 3 is 2.61 bits per heavy atom. The van der Waals surface area contributed by atoms with Crippen molar-refractivity contribution in [1.29, 1.82) is 0 Å². The normalized spacial score (nSPS) is 14.1. The maximum absolute atomic E-state index is 5.89. The van der Waals surface area contributed by atoms with Crippen LogP contribution in [0.5, 0.6) is 0 Å². The molecule has 1 rings (SSSR count). The zero-order valence-electron chi connectivity index (χ0n) is 12.3. The van der Waals surface area contributed by atoms with Crippen LogP contribution in [0.15, 0.2) is 17.5 Å². The Morgan fingerprint density at radius 1 is 1.39 bits per heavy atom. The largest absolute Gasteiger partial charge is 0.330 e. The molecule has 0 aliphatic rings. The second kappa shape index (κ2) is 7.27. The second-order valence-corrected chi connectivity index (χ2v) is 7.49. The summed E-state index contributed by atoms with van der Waals surface area (Å²) in [6, 6.07) is 4.34. The summed E-state index contributed by atoms with van der Waals surface area (Å²) in [6.45, 7) is 9.91. The van der Waals surface area contributed by atoms with E-state index in [9.17, 15) is 0 Å². The average molecular weight is 268 g/mol. The molecular weight excluding hydrogens is 240 g/mol. The van der Waals surface area contributed by atoms with Crippen molar-refractivity contribution in [3.63, 3.8) is 0 Å². The summed E-state index contributed by atoms with van der Waals surface area (Å²) < 4.78 is 0. The van der Waals surface area contributed by atoms with Crippen LogP contribution in [0.4, 0.5) is 0 Å². The third-order valence-corrected chi connectivity index (χ3v) is 4.06. The lowest BCUT2D eigenvalue weighted by Gasteiger charge is -2.28. The fourth-order valence-corrected chi connectivity index (χ4v) is 3.07. The zero-order valence-corrected chi connectivity index (χ0v) is 13.1. The van der Waals surface area contributed by atoms with Gasteiger partial charge in [-0.05, 0) is 49.2 Å². The molecule has 1 aromatic heterocycles. The van der Waals surface area contributed by atoms with Crippen molar-refractivity contribution < 1.29 is 0 Å². The van der Waals surface area contributed by atoms with E-state index >= 15 is 0 Å². The van der Waals surface area contributed by atoms with E-state index in [1.807, 2.05) is 11.3 Å². The second-order valence-electron chi connectivity index (χ2n) is 6.46. The first kappa shape index (κ1) is 15.7. The van der Waals surface area contributed by atoms with Gasteiger partial charge >= 0.3 is 0 Å². The SMILES string of the molecule is CN(CCc1cccs1)CC(CN)CC(C)(C)C. The number of rotatable bonds is 7. The fraction of sp³-hybridized carbons (Fsp3) is 0.733. The molecule has 1 atom stereocenters. The molecule has 1 unspecified atom stereocenters. The van der Waals surface area contributed by atoms with Crippen molar-refractivity contribution in [2.75, 3.05) is 26.7 Å². The Hall–Kier alpha value is -0.380. The smallest absolute Gasteiger partial charge is 0.00579 e. The lowest BCUT2D eigenvalue weighted by Crippen LogP contribution is -2.33. The molecule has 1 aromatic rings. The standard InChI is InChI=1S/C15H28N2S/c1-15(2,3)10-13(11-16)12-17(4)8-7-14-6-5-9-18-14/h5-6,9,13H,7-8,10-12,16H2,1-4H3. The summed E-state index contributed by atoms with van der Waals surface area (Å²) in [5, 5.41) is 2.15. The fourth-order valence-electron chi connectivity index (χ4n) is 2.38. The minimum absolute atomic E-state index is 0.374. The van der Waals surface area contributed by atoms with Crippen LogP contribution in [0.3, 0.4) is 0 Å². The maximum Gasteiger partial charge on any atom is 0.00579 e. The molecule has 0 saturated carbocycles. The summed E-state index contributed by atoms with van der Waals surface area (Å²) in [4.78, 5) is 3.89. The van der Waals surface area contributed by atoms with Gasteiger partial charge in [-0.25, -0.2) is 0 Å². The molecular formula is C15H28N2S. The molecule has 0 amide bonds. The van der Waals surface area contributed by atoms with Gasteiger partial charge in [0.05, 0.1) is 0 Å². The number of likely N-dealkylation sites (N-methyl/N-ethyl adjacent to an activating group) is 1. The average Bonchev–Trinajstić information content (AvgIpc) is 2.76. The van der Waals surface area contributed by atoms with Crippen molar-refractivity contribution in [2.24, 2.45) is 17.1 Å². The van der Waals surface area contributed by atoms with Gasteiger partial charge in [-0.15, -0.1) is 11.3 Å². The highest BCUT2D eigenvalue weighted by molar-refractivity contribution is 7.09. The Kier molecular flexibility index (Phi) is 6.33. The van der Waals surface area contributed by atoms with E-state index in [-0.39, 0.29) is 0 Å². The number of hydrogen-bond donors (Lipinski definition) is 1. The van der Waals surface area contributed by atoms with Crippen LogP contribution in [-0.4, -0.2) is 31.6 Å². The van der Waals surface area contributed by atoms with Crippen molar-refractivity contribution in [2.45, 2.75) is 33.6 Å². The first-order valence-corrected chi connectivity index (χ1v) is 7.69. The number of nitrogens with two attached hydrogens (primary N) is 1. The molecule has 0 spiro atoms. The van der Waals surface area contributed by atoms with Crippen LogP contribution in [0.25, 0.3) is 0 Å². The molecule has 0 aliphatic heterocycles. The molecule has 0 aromatic carbocycles. The molecule has 3 heteroatoms. The molecule has 1 heterocycles. The predicted octanol–water partition coefficient (Wildman–Crippen LogP) is 3.23. The Labute approximate surface area is 116 Å². The molecule has 0 bridgehead atoms. The molecule has 104 valence electrons. The van der Waals surface area contributed by atoms with Gasteiger partial charge in [0.1, 0.15) is 0 Å². The minimum atomic E-state index is 0.374. The highest BCUT2D eigenvalue weighted by Crippen LogP contribution is 2.24. The monoisotopic (exact) mass is 268 g/mol. The van der Waals surface area contributed by atoms with Crippen molar-refractivity contribution >= 4 is 11.3 Å². The highest BCUT2D eigenvalue weighted by atomic mass is 32.1. The molecule has 0 aliphatic carbocycles. The van der Waals surface area contributed by atoms with Gasteiger partial charge in [-0.1, -0.05) is 26.8 Å². The van der Waals surface area contributed by atoms with Gasteiger partial charge in [-0.2, -0.15) is 0 Å². The third-order valence-electron chi connectivity index (χ3n) is 3.12. The third kappa shape index (κ3) is 6.53. The van der Waals surface area contributed by atoms with E-state index in [1.165, 1.54) is 11.3 Å². The number of nitrogens with zero attached hydrogens (tertiary/aromatic N) is 1. The highest BCUT2D eigenvalue weighted by Gasteiger charge is 2.18. The van der Waals surface area contributed by atoms with Crippen LogP contribution in [-0.2, 0) is 6.42 Å². The summed E-state index contributed by atoms with van der Waals surface area (Å²) >= 11 is 1.85.